The van der Waals surface area contributed by atoms with Gasteiger partial charge < -0.3 is 19.7 Å². The van der Waals surface area contributed by atoms with Crippen molar-refractivity contribution in [1.82, 2.24) is 0 Å². The molecule has 0 heterocycles. The Morgan fingerprint density at radius 3 is 2.21 bits per heavy atom. The molecule has 0 fully saturated rings. The molecule has 0 bridgehead atoms. The first kappa shape index (κ1) is 15.6. The van der Waals surface area contributed by atoms with Gasteiger partial charge in [-0.1, -0.05) is 0 Å². The third kappa shape index (κ3) is 4.63. The van der Waals surface area contributed by atoms with E-state index in [1.807, 2.05) is 0 Å². The van der Waals surface area contributed by atoms with Gasteiger partial charge in [0, 0.05) is 5.56 Å². The minimum Gasteiger partial charge on any atom is -0.491 e. The number of ketones is 1. The Kier molecular flexibility index (Phi) is 5.95. The molecule has 1 rings (SSSR count). The minimum absolute atomic E-state index is 0.0529. The molecular weight excluding hydrogens is 248 g/mol. The molecule has 5 heteroatoms. The van der Waals surface area contributed by atoms with Crippen molar-refractivity contribution in [1.29, 1.82) is 0 Å². The van der Waals surface area contributed by atoms with Gasteiger partial charge >= 0.3 is 0 Å². The maximum absolute atomic E-state index is 12.2. The third-order valence-electron chi connectivity index (χ3n) is 2.58. The Bertz CT molecular complexity index is 397. The lowest BCUT2D eigenvalue weighted by Gasteiger charge is -2.23. The van der Waals surface area contributed by atoms with E-state index in [9.17, 15) is 4.79 Å². The zero-order valence-corrected chi connectivity index (χ0v) is 11.3. The molecule has 0 aromatic heterocycles. The number of hydrogen-bond acceptors (Lipinski definition) is 5. The molecule has 2 N–H and O–H groups in total. The molecule has 19 heavy (non-hydrogen) atoms. The highest BCUT2D eigenvalue weighted by Crippen LogP contribution is 2.19. The Labute approximate surface area is 112 Å². The van der Waals surface area contributed by atoms with Gasteiger partial charge in [0.1, 0.15) is 18.0 Å². The number of aliphatic hydroxyl groups is 2. The van der Waals surface area contributed by atoms with Crippen LogP contribution in [0, 0.1) is 0 Å². The number of benzene rings is 1. The third-order valence-corrected chi connectivity index (χ3v) is 2.58. The Balaban J connectivity index is 2.71. The predicted octanol–water partition coefficient (Wildman–Crippen LogP) is 1.03. The van der Waals surface area contributed by atoms with E-state index in [2.05, 4.69) is 0 Å². The van der Waals surface area contributed by atoms with Gasteiger partial charge in [-0.25, -0.2) is 0 Å². The highest BCUT2D eigenvalue weighted by atomic mass is 16.5. The standard InChI is InChI=1S/C14H20O5/c1-14(2,19-10-8-16)13(17)11-3-5-12(6-4-11)18-9-7-15/h3-6,15-16H,7-10H2,1-2H3. The lowest BCUT2D eigenvalue weighted by Crippen LogP contribution is -2.36. The van der Waals surface area contributed by atoms with Gasteiger partial charge in [-0.05, 0) is 38.1 Å². The summed E-state index contributed by atoms with van der Waals surface area (Å²) < 4.78 is 10.5. The van der Waals surface area contributed by atoms with Crippen molar-refractivity contribution in [2.75, 3.05) is 26.4 Å². The zero-order valence-electron chi connectivity index (χ0n) is 11.3. The lowest BCUT2D eigenvalue weighted by molar-refractivity contribution is -0.0174. The van der Waals surface area contributed by atoms with Crippen molar-refractivity contribution < 1.29 is 24.5 Å². The second-order valence-electron chi connectivity index (χ2n) is 4.51. The molecule has 0 atom stereocenters. The van der Waals surface area contributed by atoms with Crippen LogP contribution >= 0.6 is 0 Å². The van der Waals surface area contributed by atoms with Gasteiger partial charge in [0.25, 0.3) is 0 Å². The monoisotopic (exact) mass is 268 g/mol. The summed E-state index contributed by atoms with van der Waals surface area (Å²) in [6.07, 6.45) is 0. The van der Waals surface area contributed by atoms with Crippen LogP contribution in [0.15, 0.2) is 24.3 Å². The van der Waals surface area contributed by atoms with Crippen LogP contribution < -0.4 is 4.74 Å². The number of aliphatic hydroxyl groups excluding tert-OH is 2. The number of hydrogen-bond donors (Lipinski definition) is 2. The first-order valence-corrected chi connectivity index (χ1v) is 6.14. The second kappa shape index (κ2) is 7.23. The molecule has 0 unspecified atom stereocenters. The summed E-state index contributed by atoms with van der Waals surface area (Å²) in [7, 11) is 0. The highest BCUT2D eigenvalue weighted by Gasteiger charge is 2.29. The average molecular weight is 268 g/mol. The number of ether oxygens (including phenoxy) is 2. The fraction of sp³-hybridized carbons (Fsp3) is 0.500. The number of rotatable bonds is 8. The van der Waals surface area contributed by atoms with Crippen molar-refractivity contribution in [2.45, 2.75) is 19.4 Å². The molecule has 0 radical (unpaired) electrons. The molecule has 1 aromatic carbocycles. The SMILES string of the molecule is CC(C)(OCCO)C(=O)c1ccc(OCCO)cc1. The normalized spacial score (nSPS) is 11.4. The van der Waals surface area contributed by atoms with Gasteiger partial charge in [-0.2, -0.15) is 0 Å². The van der Waals surface area contributed by atoms with E-state index in [1.165, 1.54) is 0 Å². The van der Waals surface area contributed by atoms with Crippen LogP contribution in [0.3, 0.4) is 0 Å². The van der Waals surface area contributed by atoms with Crippen molar-refractivity contribution >= 4 is 5.78 Å². The molecule has 0 saturated heterocycles. The van der Waals surface area contributed by atoms with Gasteiger partial charge in [0.2, 0.25) is 0 Å². The summed E-state index contributed by atoms with van der Waals surface area (Å²) in [5.41, 5.74) is -0.463. The molecule has 0 aliphatic rings. The van der Waals surface area contributed by atoms with Crippen molar-refractivity contribution in [2.24, 2.45) is 0 Å². The van der Waals surface area contributed by atoms with E-state index in [1.54, 1.807) is 38.1 Å². The highest BCUT2D eigenvalue weighted by molar-refractivity contribution is 6.02. The van der Waals surface area contributed by atoms with Gasteiger partial charge in [-0.15, -0.1) is 0 Å². The van der Waals surface area contributed by atoms with Crippen LogP contribution in [-0.2, 0) is 4.74 Å². The minimum atomic E-state index is -0.976. The predicted molar refractivity (Wildman–Crippen MR) is 70.5 cm³/mol. The van der Waals surface area contributed by atoms with Crippen LogP contribution in [0.25, 0.3) is 0 Å². The largest absolute Gasteiger partial charge is 0.491 e. The molecule has 0 aliphatic heterocycles. The van der Waals surface area contributed by atoms with E-state index in [4.69, 9.17) is 19.7 Å². The van der Waals surface area contributed by atoms with Gasteiger partial charge in [-0.3, -0.25) is 4.79 Å². The van der Waals surface area contributed by atoms with Crippen molar-refractivity contribution in [3.05, 3.63) is 29.8 Å². The van der Waals surface area contributed by atoms with Crippen LogP contribution in [0.1, 0.15) is 24.2 Å². The smallest absolute Gasteiger partial charge is 0.194 e. The van der Waals surface area contributed by atoms with Crippen molar-refractivity contribution in [3.63, 3.8) is 0 Å². The maximum atomic E-state index is 12.2. The molecule has 106 valence electrons. The molecule has 5 nitrogen and oxygen atoms in total. The number of carbonyl (C=O) groups excluding carboxylic acids is 1. The van der Waals surface area contributed by atoms with E-state index in [0.29, 0.717) is 11.3 Å². The second-order valence-corrected chi connectivity index (χ2v) is 4.51. The summed E-state index contributed by atoms with van der Waals surface area (Å²) in [6.45, 7) is 3.50. The molecule has 1 aromatic rings. The lowest BCUT2D eigenvalue weighted by atomic mass is 9.96. The Morgan fingerprint density at radius 1 is 1.11 bits per heavy atom. The van der Waals surface area contributed by atoms with Crippen LogP contribution in [0.4, 0.5) is 0 Å². The number of carbonyl (C=O) groups is 1. The summed E-state index contributed by atoms with van der Waals surface area (Å²) >= 11 is 0. The van der Waals surface area contributed by atoms with Crippen LogP contribution in [0.2, 0.25) is 0 Å². The maximum Gasteiger partial charge on any atom is 0.194 e. The Morgan fingerprint density at radius 2 is 1.68 bits per heavy atom. The van der Waals surface area contributed by atoms with Crippen molar-refractivity contribution in [3.8, 4) is 5.75 Å². The first-order chi connectivity index (χ1) is 9.01. The fourth-order valence-corrected chi connectivity index (χ4v) is 1.58. The van der Waals surface area contributed by atoms with E-state index >= 15 is 0 Å². The van der Waals surface area contributed by atoms with E-state index in [-0.39, 0.29) is 32.2 Å². The van der Waals surface area contributed by atoms with Gasteiger partial charge in [0.15, 0.2) is 5.78 Å². The molecule has 0 spiro atoms. The molecule has 0 amide bonds. The summed E-state index contributed by atoms with van der Waals surface area (Å²) in [5, 5.41) is 17.4. The number of Topliss-reactive ketones (excluding diaryl/α,β-unsaturated/α-hetero) is 1. The quantitative estimate of drug-likeness (QED) is 0.689. The molecule has 0 saturated carbocycles. The fourth-order valence-electron chi connectivity index (χ4n) is 1.58. The zero-order chi connectivity index (χ0) is 14.3. The summed E-state index contributed by atoms with van der Waals surface area (Å²) in [6, 6.07) is 6.65. The molecule has 0 aliphatic carbocycles. The summed E-state index contributed by atoms with van der Waals surface area (Å²) in [5.74, 6) is 0.439. The Hall–Kier alpha value is -1.43. The van der Waals surface area contributed by atoms with E-state index in [0.717, 1.165) is 0 Å². The van der Waals surface area contributed by atoms with Crippen LogP contribution in [-0.4, -0.2) is 48.0 Å². The molecular formula is C14H20O5. The summed E-state index contributed by atoms with van der Waals surface area (Å²) in [4.78, 5) is 12.2. The van der Waals surface area contributed by atoms with E-state index < -0.39 is 5.60 Å². The first-order valence-electron chi connectivity index (χ1n) is 6.14. The van der Waals surface area contributed by atoms with Crippen LogP contribution in [0.5, 0.6) is 5.75 Å². The topological polar surface area (TPSA) is 76.0 Å². The average Bonchev–Trinajstić information content (AvgIpc) is 2.42. The van der Waals surface area contributed by atoms with Gasteiger partial charge in [0.05, 0.1) is 19.8 Å².